The lowest BCUT2D eigenvalue weighted by molar-refractivity contribution is 0.0953. The van der Waals surface area contributed by atoms with E-state index in [2.05, 4.69) is 87.2 Å². The normalized spacial score (nSPS) is 10.0. The Kier molecular flexibility index (Phi) is 18.2. The maximum Gasteiger partial charge on any atom is 0.251 e. The van der Waals surface area contributed by atoms with Crippen LogP contribution in [0.2, 0.25) is 0 Å². The van der Waals surface area contributed by atoms with E-state index in [9.17, 15) is 4.79 Å². The number of rotatable bonds is 15. The van der Waals surface area contributed by atoms with Crippen LogP contribution in [0.3, 0.4) is 0 Å². The van der Waals surface area contributed by atoms with Crippen LogP contribution >= 0.6 is 45.2 Å². The highest BCUT2D eigenvalue weighted by atomic mass is 127. The van der Waals surface area contributed by atoms with Crippen LogP contribution in [-0.4, -0.2) is 12.5 Å². The van der Waals surface area contributed by atoms with E-state index in [4.69, 9.17) is 0 Å². The molecule has 170 valence electrons. The number of halogens is 2. The van der Waals surface area contributed by atoms with Gasteiger partial charge in [0.2, 0.25) is 0 Å². The molecule has 31 heavy (non-hydrogen) atoms. The number of hydrogen-bond acceptors (Lipinski definition) is 1. The standard InChI is InChI=1S/C27H37I2NO/c1-2-3-4-5-6-7-8-9-10-11-12-13-14-15-16-17-18-19-20-30-27(31)24-21-25(28)23-26(29)22-24/h21-23H,2-12,17-20H2,1H3,(H,30,31). The van der Waals surface area contributed by atoms with E-state index < -0.39 is 0 Å². The van der Waals surface area contributed by atoms with Crippen molar-refractivity contribution in [1.82, 2.24) is 5.32 Å². The molecule has 2 nitrogen and oxygen atoms in total. The van der Waals surface area contributed by atoms with Crippen LogP contribution in [0.1, 0.15) is 107 Å². The van der Waals surface area contributed by atoms with Crippen molar-refractivity contribution in [2.24, 2.45) is 0 Å². The van der Waals surface area contributed by atoms with Gasteiger partial charge in [0.1, 0.15) is 0 Å². The molecule has 0 aliphatic rings. The summed E-state index contributed by atoms with van der Waals surface area (Å²) in [7, 11) is 0. The zero-order valence-corrected chi connectivity index (χ0v) is 23.3. The second kappa shape index (κ2) is 19.9. The Morgan fingerprint density at radius 3 is 1.77 bits per heavy atom. The molecule has 0 bridgehead atoms. The van der Waals surface area contributed by atoms with Crippen LogP contribution in [0.15, 0.2) is 18.2 Å². The van der Waals surface area contributed by atoms with Crippen LogP contribution in [0.25, 0.3) is 0 Å². The summed E-state index contributed by atoms with van der Waals surface area (Å²) in [6.45, 7) is 2.96. The molecule has 0 radical (unpaired) electrons. The van der Waals surface area contributed by atoms with E-state index in [1.807, 2.05) is 12.1 Å². The van der Waals surface area contributed by atoms with Gasteiger partial charge < -0.3 is 5.32 Å². The highest BCUT2D eigenvalue weighted by Gasteiger charge is 2.06. The summed E-state index contributed by atoms with van der Waals surface area (Å²) in [4.78, 5) is 12.2. The SMILES string of the molecule is CCCCCCCCCCCCC#CC#CCCCCNC(=O)c1cc(I)cc(I)c1. The summed E-state index contributed by atoms with van der Waals surface area (Å²) in [5.74, 6) is 12.2. The predicted molar refractivity (Wildman–Crippen MR) is 150 cm³/mol. The Labute approximate surface area is 217 Å². The summed E-state index contributed by atoms with van der Waals surface area (Å²) < 4.78 is 2.17. The molecule has 1 aromatic carbocycles. The fourth-order valence-electron chi connectivity index (χ4n) is 3.24. The first-order valence-electron chi connectivity index (χ1n) is 11.8. The average Bonchev–Trinajstić information content (AvgIpc) is 2.74. The molecular formula is C27H37I2NO. The number of hydrogen-bond donors (Lipinski definition) is 1. The third kappa shape index (κ3) is 16.5. The molecule has 0 spiro atoms. The lowest BCUT2D eigenvalue weighted by atomic mass is 10.1. The average molecular weight is 645 g/mol. The number of carbonyl (C=O) groups excluding carboxylic acids is 1. The molecule has 0 atom stereocenters. The van der Waals surface area contributed by atoms with E-state index >= 15 is 0 Å². The number of nitrogens with one attached hydrogen (secondary N) is 1. The first-order valence-corrected chi connectivity index (χ1v) is 14.0. The van der Waals surface area contributed by atoms with Gasteiger partial charge in [0.25, 0.3) is 5.91 Å². The van der Waals surface area contributed by atoms with Crippen LogP contribution in [0, 0.1) is 30.8 Å². The third-order valence-electron chi connectivity index (χ3n) is 5.03. The molecule has 1 aromatic rings. The Morgan fingerprint density at radius 2 is 1.23 bits per heavy atom. The molecule has 1 N–H and O–H groups in total. The Bertz CT molecular complexity index is 732. The van der Waals surface area contributed by atoms with Gasteiger partial charge in [-0.05, 0) is 94.5 Å². The Balaban J connectivity index is 1.95. The smallest absolute Gasteiger partial charge is 0.251 e. The topological polar surface area (TPSA) is 29.1 Å². The largest absolute Gasteiger partial charge is 0.352 e. The maximum atomic E-state index is 12.2. The van der Waals surface area contributed by atoms with Crippen LogP contribution < -0.4 is 5.32 Å². The molecule has 1 rings (SSSR count). The molecule has 0 aromatic heterocycles. The molecule has 0 saturated carbocycles. The first kappa shape index (κ1) is 28.3. The molecule has 0 aliphatic carbocycles. The summed E-state index contributed by atoms with van der Waals surface area (Å²) in [6, 6.07) is 5.88. The molecule has 0 aliphatic heterocycles. The quantitative estimate of drug-likeness (QED) is 0.117. The fraction of sp³-hybridized carbons (Fsp3) is 0.593. The Morgan fingerprint density at radius 1 is 0.742 bits per heavy atom. The van der Waals surface area contributed by atoms with Crippen LogP contribution in [0.5, 0.6) is 0 Å². The summed E-state index contributed by atoms with van der Waals surface area (Å²) in [6.07, 6.45) is 17.3. The second-order valence-corrected chi connectivity index (χ2v) is 10.4. The maximum absolute atomic E-state index is 12.2. The summed E-state index contributed by atoms with van der Waals surface area (Å²) >= 11 is 4.48. The van der Waals surface area contributed by atoms with Gasteiger partial charge in [-0.15, -0.1) is 0 Å². The number of unbranched alkanes of at least 4 members (excludes halogenated alkanes) is 12. The van der Waals surface area contributed by atoms with Gasteiger partial charge >= 0.3 is 0 Å². The Hall–Kier alpha value is -0.730. The van der Waals surface area contributed by atoms with E-state index in [-0.39, 0.29) is 5.91 Å². The molecule has 0 fully saturated rings. The van der Waals surface area contributed by atoms with E-state index in [0.29, 0.717) is 6.54 Å². The van der Waals surface area contributed by atoms with Crippen molar-refractivity contribution in [3.05, 3.63) is 30.9 Å². The highest BCUT2D eigenvalue weighted by Crippen LogP contribution is 2.14. The third-order valence-corrected chi connectivity index (χ3v) is 6.28. The molecule has 1 amide bonds. The van der Waals surface area contributed by atoms with Crippen LogP contribution in [0.4, 0.5) is 0 Å². The molecule has 0 saturated heterocycles. The van der Waals surface area contributed by atoms with Gasteiger partial charge in [0, 0.05) is 32.1 Å². The minimum absolute atomic E-state index is 0.000330. The van der Waals surface area contributed by atoms with E-state index in [0.717, 1.165) is 38.4 Å². The van der Waals surface area contributed by atoms with Gasteiger partial charge in [-0.1, -0.05) is 76.6 Å². The lowest BCUT2D eigenvalue weighted by Crippen LogP contribution is -2.24. The number of carbonyl (C=O) groups is 1. The molecule has 4 heteroatoms. The zero-order valence-electron chi connectivity index (χ0n) is 19.0. The van der Waals surface area contributed by atoms with E-state index in [1.54, 1.807) is 0 Å². The summed E-state index contributed by atoms with van der Waals surface area (Å²) in [5, 5.41) is 2.99. The number of amides is 1. The van der Waals surface area contributed by atoms with Crippen molar-refractivity contribution in [2.45, 2.75) is 96.8 Å². The zero-order chi connectivity index (χ0) is 22.6. The van der Waals surface area contributed by atoms with Gasteiger partial charge in [-0.2, -0.15) is 0 Å². The second-order valence-electron chi connectivity index (χ2n) is 7.91. The van der Waals surface area contributed by atoms with Crippen molar-refractivity contribution >= 4 is 51.1 Å². The molecule has 0 heterocycles. The van der Waals surface area contributed by atoms with Gasteiger partial charge in [-0.25, -0.2) is 0 Å². The fourth-order valence-corrected chi connectivity index (χ4v) is 5.18. The van der Waals surface area contributed by atoms with Gasteiger partial charge in [-0.3, -0.25) is 4.79 Å². The van der Waals surface area contributed by atoms with Crippen molar-refractivity contribution in [2.75, 3.05) is 6.54 Å². The van der Waals surface area contributed by atoms with Crippen LogP contribution in [-0.2, 0) is 0 Å². The van der Waals surface area contributed by atoms with E-state index in [1.165, 1.54) is 64.2 Å². The first-order chi connectivity index (χ1) is 15.1. The van der Waals surface area contributed by atoms with Gasteiger partial charge in [0.05, 0.1) is 0 Å². The van der Waals surface area contributed by atoms with Crippen molar-refractivity contribution < 1.29 is 4.79 Å². The van der Waals surface area contributed by atoms with Crippen molar-refractivity contribution in [3.63, 3.8) is 0 Å². The minimum atomic E-state index is 0.000330. The summed E-state index contributed by atoms with van der Waals surface area (Å²) in [5.41, 5.74) is 0.730. The van der Waals surface area contributed by atoms with Crippen molar-refractivity contribution in [1.29, 1.82) is 0 Å². The lowest BCUT2D eigenvalue weighted by Gasteiger charge is -2.05. The molecule has 0 unspecified atom stereocenters. The molecular weight excluding hydrogens is 608 g/mol. The minimum Gasteiger partial charge on any atom is -0.352 e. The van der Waals surface area contributed by atoms with Crippen molar-refractivity contribution in [3.8, 4) is 23.7 Å². The highest BCUT2D eigenvalue weighted by molar-refractivity contribution is 14.1. The predicted octanol–water partition coefficient (Wildman–Crippen LogP) is 8.11. The number of benzene rings is 1. The monoisotopic (exact) mass is 645 g/mol. The van der Waals surface area contributed by atoms with Gasteiger partial charge in [0.15, 0.2) is 0 Å².